The van der Waals surface area contributed by atoms with Gasteiger partial charge in [-0.3, -0.25) is 4.79 Å². The number of hydrogen-bond acceptors (Lipinski definition) is 5. The number of nitrogens with zero attached hydrogens (tertiary/aromatic N) is 1. The third-order valence-corrected chi connectivity index (χ3v) is 4.71. The van der Waals surface area contributed by atoms with Gasteiger partial charge in [0.1, 0.15) is 9.71 Å². The van der Waals surface area contributed by atoms with Crippen LogP contribution in [0.5, 0.6) is 0 Å². The fourth-order valence-electron chi connectivity index (χ4n) is 2.47. The second-order valence-electron chi connectivity index (χ2n) is 5.01. The van der Waals surface area contributed by atoms with Gasteiger partial charge in [0.05, 0.1) is 5.69 Å². The van der Waals surface area contributed by atoms with Crippen LogP contribution in [0.3, 0.4) is 0 Å². The van der Waals surface area contributed by atoms with Crippen LogP contribution in [0.15, 0.2) is 12.3 Å². The number of nitrogens with two attached hydrogens (primary N) is 1. The molecule has 5 nitrogen and oxygen atoms in total. The van der Waals surface area contributed by atoms with Gasteiger partial charge in [-0.05, 0) is 31.4 Å². The third-order valence-electron chi connectivity index (χ3n) is 3.60. The zero-order valence-corrected chi connectivity index (χ0v) is 12.1. The van der Waals surface area contributed by atoms with Crippen molar-refractivity contribution >= 4 is 33.1 Å². The molecule has 1 aliphatic heterocycles. The zero-order chi connectivity index (χ0) is 14.1. The summed E-state index contributed by atoms with van der Waals surface area (Å²) in [6.45, 7) is 3.38. The summed E-state index contributed by atoms with van der Waals surface area (Å²) >= 11 is 1.36. The predicted molar refractivity (Wildman–Crippen MR) is 80.1 cm³/mol. The number of nitrogen functional groups attached to an aromatic ring is 1. The second kappa shape index (κ2) is 5.38. The van der Waals surface area contributed by atoms with E-state index in [0.717, 1.165) is 28.6 Å². The molecule has 3 rings (SSSR count). The van der Waals surface area contributed by atoms with Crippen molar-refractivity contribution in [3.05, 3.63) is 22.7 Å². The molecule has 0 unspecified atom stereocenters. The number of pyridine rings is 1. The van der Waals surface area contributed by atoms with Crippen LogP contribution < -0.4 is 11.1 Å². The average molecular weight is 291 g/mol. The number of fused-ring (bicyclic) bond motifs is 1. The van der Waals surface area contributed by atoms with Crippen molar-refractivity contribution in [1.82, 2.24) is 10.3 Å². The summed E-state index contributed by atoms with van der Waals surface area (Å²) < 4.78 is 5.29. The Hall–Kier alpha value is -1.66. The Bertz CT molecular complexity index is 647. The standard InChI is InChI=1S/C14H17N3O2S/c1-8-2-5-16-14-10(8)11(15)12(20-14)13(18)17-9-3-6-19-7-4-9/h2,5,9H,3-4,6-7,15H2,1H3,(H,17,18). The first-order chi connectivity index (χ1) is 9.66. The van der Waals surface area contributed by atoms with E-state index in [1.54, 1.807) is 6.20 Å². The van der Waals surface area contributed by atoms with Crippen LogP contribution >= 0.6 is 11.3 Å². The molecule has 0 bridgehead atoms. The van der Waals surface area contributed by atoms with Crippen LogP contribution in [0.2, 0.25) is 0 Å². The highest BCUT2D eigenvalue weighted by molar-refractivity contribution is 7.21. The minimum Gasteiger partial charge on any atom is -0.397 e. The number of rotatable bonds is 2. The Morgan fingerprint density at radius 3 is 2.95 bits per heavy atom. The molecule has 1 saturated heterocycles. The number of amides is 1. The lowest BCUT2D eigenvalue weighted by Crippen LogP contribution is -2.38. The minimum absolute atomic E-state index is 0.100. The van der Waals surface area contributed by atoms with Gasteiger partial charge >= 0.3 is 0 Å². The summed E-state index contributed by atoms with van der Waals surface area (Å²) in [6, 6.07) is 2.08. The summed E-state index contributed by atoms with van der Waals surface area (Å²) in [5.41, 5.74) is 7.72. The molecule has 2 aromatic heterocycles. The van der Waals surface area contributed by atoms with E-state index in [4.69, 9.17) is 10.5 Å². The molecule has 0 saturated carbocycles. The molecule has 3 heterocycles. The first-order valence-corrected chi connectivity index (χ1v) is 7.50. The number of ether oxygens (including phenoxy) is 1. The number of anilines is 1. The topological polar surface area (TPSA) is 77.2 Å². The zero-order valence-electron chi connectivity index (χ0n) is 11.3. The van der Waals surface area contributed by atoms with Gasteiger partial charge in [0.25, 0.3) is 5.91 Å². The summed E-state index contributed by atoms with van der Waals surface area (Å²) in [4.78, 5) is 18.0. The van der Waals surface area contributed by atoms with E-state index >= 15 is 0 Å². The number of aromatic nitrogens is 1. The van der Waals surface area contributed by atoms with Gasteiger partial charge < -0.3 is 15.8 Å². The molecule has 1 aliphatic rings. The van der Waals surface area contributed by atoms with Crippen LogP contribution in [0.4, 0.5) is 5.69 Å². The van der Waals surface area contributed by atoms with Crippen molar-refractivity contribution in [2.24, 2.45) is 0 Å². The molecule has 1 fully saturated rings. The molecule has 0 radical (unpaired) electrons. The number of thiophene rings is 1. The van der Waals surface area contributed by atoms with Crippen LogP contribution in [0.25, 0.3) is 10.2 Å². The molecule has 6 heteroatoms. The highest BCUT2D eigenvalue weighted by Crippen LogP contribution is 2.34. The Kier molecular flexibility index (Phi) is 3.58. The fourth-order valence-corrected chi connectivity index (χ4v) is 3.51. The quantitative estimate of drug-likeness (QED) is 0.888. The number of carbonyl (C=O) groups excluding carboxylic acids is 1. The predicted octanol–water partition coefficient (Wildman–Crippen LogP) is 2.10. The molecule has 0 atom stereocenters. The van der Waals surface area contributed by atoms with Gasteiger partial charge in [0.2, 0.25) is 0 Å². The second-order valence-corrected chi connectivity index (χ2v) is 6.01. The summed E-state index contributed by atoms with van der Waals surface area (Å²) in [6.07, 6.45) is 3.45. The molecular weight excluding hydrogens is 274 g/mol. The average Bonchev–Trinajstić information content (AvgIpc) is 2.79. The number of aryl methyl sites for hydroxylation is 1. The van der Waals surface area contributed by atoms with Crippen molar-refractivity contribution in [3.8, 4) is 0 Å². The number of hydrogen-bond donors (Lipinski definition) is 2. The third kappa shape index (κ3) is 2.36. The van der Waals surface area contributed by atoms with Crippen molar-refractivity contribution < 1.29 is 9.53 Å². The Balaban J connectivity index is 1.87. The Morgan fingerprint density at radius 1 is 1.50 bits per heavy atom. The maximum absolute atomic E-state index is 12.4. The summed E-state index contributed by atoms with van der Waals surface area (Å²) in [5, 5.41) is 3.94. The number of carbonyl (C=O) groups is 1. The lowest BCUT2D eigenvalue weighted by Gasteiger charge is -2.22. The van der Waals surface area contributed by atoms with Gasteiger partial charge in [0, 0.05) is 30.8 Å². The molecule has 0 spiro atoms. The first kappa shape index (κ1) is 13.3. The lowest BCUT2D eigenvalue weighted by atomic mass is 10.1. The first-order valence-electron chi connectivity index (χ1n) is 6.69. The van der Waals surface area contributed by atoms with E-state index in [1.165, 1.54) is 11.3 Å². The summed E-state index contributed by atoms with van der Waals surface area (Å²) in [7, 11) is 0. The van der Waals surface area contributed by atoms with E-state index < -0.39 is 0 Å². The van der Waals surface area contributed by atoms with Crippen LogP contribution in [-0.2, 0) is 4.74 Å². The normalized spacial score (nSPS) is 16.4. The highest BCUT2D eigenvalue weighted by atomic mass is 32.1. The largest absolute Gasteiger partial charge is 0.397 e. The maximum atomic E-state index is 12.4. The van der Waals surface area contributed by atoms with E-state index in [2.05, 4.69) is 10.3 Å². The van der Waals surface area contributed by atoms with Gasteiger partial charge in [-0.2, -0.15) is 0 Å². The molecule has 106 valence electrons. The maximum Gasteiger partial charge on any atom is 0.263 e. The lowest BCUT2D eigenvalue weighted by molar-refractivity contribution is 0.0699. The van der Waals surface area contributed by atoms with Crippen molar-refractivity contribution in [3.63, 3.8) is 0 Å². The molecule has 2 aromatic rings. The Morgan fingerprint density at radius 2 is 2.25 bits per heavy atom. The smallest absolute Gasteiger partial charge is 0.263 e. The Labute approximate surface area is 121 Å². The van der Waals surface area contributed by atoms with Crippen LogP contribution in [-0.4, -0.2) is 30.1 Å². The molecule has 0 aliphatic carbocycles. The van der Waals surface area contributed by atoms with Gasteiger partial charge in [-0.15, -0.1) is 11.3 Å². The van der Waals surface area contributed by atoms with Gasteiger partial charge in [-0.25, -0.2) is 4.98 Å². The number of nitrogens with one attached hydrogen (secondary N) is 1. The molecular formula is C14H17N3O2S. The monoisotopic (exact) mass is 291 g/mol. The highest BCUT2D eigenvalue weighted by Gasteiger charge is 2.22. The molecule has 0 aromatic carbocycles. The molecule has 1 amide bonds. The van der Waals surface area contributed by atoms with Gasteiger partial charge in [-0.1, -0.05) is 0 Å². The van der Waals surface area contributed by atoms with Crippen LogP contribution in [0.1, 0.15) is 28.1 Å². The SMILES string of the molecule is Cc1ccnc2sc(C(=O)NC3CCOCC3)c(N)c12. The van der Waals surface area contributed by atoms with Crippen molar-refractivity contribution in [2.45, 2.75) is 25.8 Å². The van der Waals surface area contributed by atoms with Crippen molar-refractivity contribution in [1.29, 1.82) is 0 Å². The van der Waals surface area contributed by atoms with E-state index in [0.29, 0.717) is 23.8 Å². The molecule has 20 heavy (non-hydrogen) atoms. The minimum atomic E-state index is -0.100. The van der Waals surface area contributed by atoms with E-state index in [-0.39, 0.29) is 11.9 Å². The van der Waals surface area contributed by atoms with Gasteiger partial charge in [0.15, 0.2) is 0 Å². The summed E-state index contributed by atoms with van der Waals surface area (Å²) in [5.74, 6) is -0.100. The van der Waals surface area contributed by atoms with E-state index in [9.17, 15) is 4.79 Å². The van der Waals surface area contributed by atoms with Crippen molar-refractivity contribution in [2.75, 3.05) is 18.9 Å². The fraction of sp³-hybridized carbons (Fsp3) is 0.429. The van der Waals surface area contributed by atoms with Crippen LogP contribution in [0, 0.1) is 6.92 Å². The molecule has 3 N–H and O–H groups in total. The van der Waals surface area contributed by atoms with E-state index in [1.807, 2.05) is 13.0 Å².